The number of hydrogen-bond donors (Lipinski definition) is 2. The summed E-state index contributed by atoms with van der Waals surface area (Å²) in [6, 6.07) is 26.5. The minimum atomic E-state index is -1.15. The van der Waals surface area contributed by atoms with Gasteiger partial charge in [0.2, 0.25) is 0 Å². The van der Waals surface area contributed by atoms with E-state index in [0.717, 1.165) is 16.5 Å². The van der Waals surface area contributed by atoms with Gasteiger partial charge < -0.3 is 10.4 Å². The Kier molecular flexibility index (Phi) is 5.52. The maximum Gasteiger partial charge on any atom is 0.327 e. The Balaban J connectivity index is 1.75. The van der Waals surface area contributed by atoms with E-state index < -0.39 is 23.8 Å². The summed E-state index contributed by atoms with van der Waals surface area (Å²) in [5.74, 6) is -2.12. The molecule has 0 spiro atoms. The van der Waals surface area contributed by atoms with Crippen LogP contribution in [-0.4, -0.2) is 28.0 Å². The fourth-order valence-electron chi connectivity index (χ4n) is 3.69. The molecular weight excluding hydrogens is 376 g/mol. The van der Waals surface area contributed by atoms with E-state index in [1.165, 1.54) is 0 Å². The van der Waals surface area contributed by atoms with Crippen LogP contribution in [0.5, 0.6) is 0 Å². The Morgan fingerprint density at radius 2 is 1.37 bits per heavy atom. The lowest BCUT2D eigenvalue weighted by Gasteiger charge is -2.26. The molecule has 1 aromatic heterocycles. The normalized spacial score (nSPS) is 11.9. The number of para-hydroxylation sites is 1. The Labute approximate surface area is 174 Å². The second-order valence-electron chi connectivity index (χ2n) is 6.97. The van der Waals surface area contributed by atoms with Gasteiger partial charge in [-0.3, -0.25) is 9.78 Å². The first-order valence-corrected chi connectivity index (χ1v) is 9.62. The average molecular weight is 396 g/mol. The van der Waals surface area contributed by atoms with Crippen LogP contribution in [0, 0.1) is 0 Å². The minimum Gasteiger partial charge on any atom is -0.480 e. The number of amides is 1. The van der Waals surface area contributed by atoms with Crippen molar-refractivity contribution in [2.45, 2.75) is 12.0 Å². The third-order valence-electron chi connectivity index (χ3n) is 5.08. The summed E-state index contributed by atoms with van der Waals surface area (Å²) in [7, 11) is 0. The third kappa shape index (κ3) is 3.91. The SMILES string of the molecule is O=C(N[C@H](C(=O)O)C(c1ccccc1)c1ccccc1)c1cccc2cccnc12. The summed E-state index contributed by atoms with van der Waals surface area (Å²) >= 11 is 0. The van der Waals surface area contributed by atoms with E-state index >= 15 is 0 Å². The molecule has 1 atom stereocenters. The van der Waals surface area contributed by atoms with Crippen LogP contribution in [0.1, 0.15) is 27.4 Å². The number of carbonyl (C=O) groups excluding carboxylic acids is 1. The molecule has 0 aliphatic carbocycles. The van der Waals surface area contributed by atoms with Gasteiger partial charge in [0.1, 0.15) is 6.04 Å². The topological polar surface area (TPSA) is 79.3 Å². The van der Waals surface area contributed by atoms with Crippen LogP contribution in [0.4, 0.5) is 0 Å². The summed E-state index contributed by atoms with van der Waals surface area (Å²) in [6.45, 7) is 0. The number of benzene rings is 3. The van der Waals surface area contributed by atoms with Crippen LogP contribution >= 0.6 is 0 Å². The number of fused-ring (bicyclic) bond motifs is 1. The van der Waals surface area contributed by atoms with Gasteiger partial charge in [0.15, 0.2) is 0 Å². The van der Waals surface area contributed by atoms with Gasteiger partial charge in [-0.05, 0) is 23.3 Å². The third-order valence-corrected chi connectivity index (χ3v) is 5.08. The highest BCUT2D eigenvalue weighted by Gasteiger charge is 2.32. The van der Waals surface area contributed by atoms with E-state index in [2.05, 4.69) is 10.3 Å². The smallest absolute Gasteiger partial charge is 0.327 e. The number of nitrogens with one attached hydrogen (secondary N) is 1. The second kappa shape index (κ2) is 8.57. The fraction of sp³-hybridized carbons (Fsp3) is 0.0800. The number of hydrogen-bond acceptors (Lipinski definition) is 3. The Bertz CT molecular complexity index is 1130. The summed E-state index contributed by atoms with van der Waals surface area (Å²) in [4.78, 5) is 29.7. The molecule has 5 heteroatoms. The highest BCUT2D eigenvalue weighted by molar-refractivity contribution is 6.06. The largest absolute Gasteiger partial charge is 0.480 e. The molecule has 1 heterocycles. The molecule has 148 valence electrons. The summed E-state index contributed by atoms with van der Waals surface area (Å²) in [5.41, 5.74) is 2.51. The van der Waals surface area contributed by atoms with E-state index in [0.29, 0.717) is 11.1 Å². The van der Waals surface area contributed by atoms with E-state index in [-0.39, 0.29) is 0 Å². The summed E-state index contributed by atoms with van der Waals surface area (Å²) in [5, 5.41) is 13.6. The second-order valence-corrected chi connectivity index (χ2v) is 6.97. The summed E-state index contributed by atoms with van der Waals surface area (Å²) in [6.07, 6.45) is 1.62. The molecule has 0 radical (unpaired) electrons. The van der Waals surface area contributed by atoms with Crippen molar-refractivity contribution in [3.8, 4) is 0 Å². The number of pyridine rings is 1. The molecule has 3 aromatic carbocycles. The fourth-order valence-corrected chi connectivity index (χ4v) is 3.69. The molecule has 4 rings (SSSR count). The van der Waals surface area contributed by atoms with Crippen LogP contribution in [0.15, 0.2) is 97.2 Å². The van der Waals surface area contributed by atoms with Crippen molar-refractivity contribution in [2.75, 3.05) is 0 Å². The van der Waals surface area contributed by atoms with Gasteiger partial charge in [0, 0.05) is 17.5 Å². The molecule has 0 aliphatic heterocycles. The van der Waals surface area contributed by atoms with Crippen molar-refractivity contribution in [2.24, 2.45) is 0 Å². The first-order chi connectivity index (χ1) is 14.6. The first-order valence-electron chi connectivity index (χ1n) is 9.62. The van der Waals surface area contributed by atoms with Crippen molar-refractivity contribution in [1.29, 1.82) is 0 Å². The number of carboxylic acids is 1. The standard InChI is InChI=1S/C25H20N2O3/c28-24(20-15-7-13-19-14-8-16-26-22(19)20)27-23(25(29)30)21(17-9-3-1-4-10-17)18-11-5-2-6-12-18/h1-16,21,23H,(H,27,28)(H,29,30)/t23-/m0/s1. The zero-order chi connectivity index (χ0) is 20.9. The molecule has 5 nitrogen and oxygen atoms in total. The van der Waals surface area contributed by atoms with Crippen LogP contribution in [0.25, 0.3) is 10.9 Å². The maximum atomic E-state index is 13.1. The predicted octanol–water partition coefficient (Wildman–Crippen LogP) is 4.25. The van der Waals surface area contributed by atoms with E-state index in [1.807, 2.05) is 72.8 Å². The Morgan fingerprint density at radius 1 is 0.767 bits per heavy atom. The van der Waals surface area contributed by atoms with Gasteiger partial charge in [-0.25, -0.2) is 4.79 Å². The van der Waals surface area contributed by atoms with Crippen molar-refractivity contribution in [3.05, 3.63) is 114 Å². The number of nitrogens with zero attached hydrogens (tertiary/aromatic N) is 1. The van der Waals surface area contributed by atoms with Gasteiger partial charge in [-0.1, -0.05) is 78.9 Å². The molecule has 0 bridgehead atoms. The number of rotatable bonds is 6. The molecule has 4 aromatic rings. The number of aliphatic carboxylic acids is 1. The van der Waals surface area contributed by atoms with Crippen molar-refractivity contribution in [1.82, 2.24) is 10.3 Å². The Hall–Kier alpha value is -3.99. The number of carboxylic acid groups (broad SMARTS) is 1. The minimum absolute atomic E-state index is 0.347. The van der Waals surface area contributed by atoms with Gasteiger partial charge >= 0.3 is 5.97 Å². The van der Waals surface area contributed by atoms with Crippen molar-refractivity contribution < 1.29 is 14.7 Å². The predicted molar refractivity (Wildman–Crippen MR) is 115 cm³/mol. The van der Waals surface area contributed by atoms with E-state index in [9.17, 15) is 14.7 Å². The molecule has 0 fully saturated rings. The molecule has 2 N–H and O–H groups in total. The van der Waals surface area contributed by atoms with Crippen molar-refractivity contribution in [3.63, 3.8) is 0 Å². The average Bonchev–Trinajstić information content (AvgIpc) is 2.79. The lowest BCUT2D eigenvalue weighted by atomic mass is 9.85. The summed E-state index contributed by atoms with van der Waals surface area (Å²) < 4.78 is 0. The van der Waals surface area contributed by atoms with Crippen molar-refractivity contribution >= 4 is 22.8 Å². The molecule has 0 saturated carbocycles. The first kappa shape index (κ1) is 19.3. The monoisotopic (exact) mass is 396 g/mol. The molecule has 0 saturated heterocycles. The molecular formula is C25H20N2O3. The number of carbonyl (C=O) groups is 2. The van der Waals surface area contributed by atoms with E-state index in [4.69, 9.17) is 0 Å². The zero-order valence-corrected chi connectivity index (χ0v) is 16.1. The Morgan fingerprint density at radius 3 is 1.97 bits per heavy atom. The molecule has 0 aliphatic rings. The van der Waals surface area contributed by atoms with Gasteiger partial charge in [0.25, 0.3) is 5.91 Å². The van der Waals surface area contributed by atoms with Gasteiger partial charge in [-0.15, -0.1) is 0 Å². The molecule has 0 unspecified atom stereocenters. The van der Waals surface area contributed by atoms with Crippen LogP contribution in [0.3, 0.4) is 0 Å². The highest BCUT2D eigenvalue weighted by atomic mass is 16.4. The molecule has 1 amide bonds. The number of aromatic nitrogens is 1. The molecule has 30 heavy (non-hydrogen) atoms. The van der Waals surface area contributed by atoms with E-state index in [1.54, 1.807) is 24.4 Å². The maximum absolute atomic E-state index is 13.1. The van der Waals surface area contributed by atoms with Gasteiger partial charge in [0.05, 0.1) is 11.1 Å². The highest BCUT2D eigenvalue weighted by Crippen LogP contribution is 2.29. The van der Waals surface area contributed by atoms with Gasteiger partial charge in [-0.2, -0.15) is 0 Å². The lowest BCUT2D eigenvalue weighted by Crippen LogP contribution is -2.45. The lowest BCUT2D eigenvalue weighted by molar-refractivity contribution is -0.139. The zero-order valence-electron chi connectivity index (χ0n) is 16.1. The van der Waals surface area contributed by atoms with Crippen LogP contribution < -0.4 is 5.32 Å². The van der Waals surface area contributed by atoms with Crippen LogP contribution in [0.2, 0.25) is 0 Å². The quantitative estimate of drug-likeness (QED) is 0.511. The van der Waals surface area contributed by atoms with Crippen LogP contribution in [-0.2, 0) is 4.79 Å².